The number of aromatic nitrogens is 1. The number of esters is 1. The van der Waals surface area contributed by atoms with Crippen LogP contribution in [0.5, 0.6) is 5.75 Å². The minimum absolute atomic E-state index is 0.177. The maximum absolute atomic E-state index is 12.3. The smallest absolute Gasteiger partial charge is 0.328 e. The molecule has 1 aromatic heterocycles. The highest BCUT2D eigenvalue weighted by Crippen LogP contribution is 2.19. The van der Waals surface area contributed by atoms with Crippen molar-refractivity contribution in [3.05, 3.63) is 65.4 Å². The number of aryl methyl sites for hydroxylation is 2. The molecule has 28 heavy (non-hydrogen) atoms. The topological polar surface area (TPSA) is 80.4 Å². The number of ether oxygens (including phenoxy) is 2. The zero-order valence-corrected chi connectivity index (χ0v) is 16.2. The van der Waals surface area contributed by atoms with Gasteiger partial charge in [0.25, 0.3) is 5.91 Å². The molecular formula is C22H24N2O4. The van der Waals surface area contributed by atoms with Gasteiger partial charge in [-0.3, -0.25) is 4.79 Å². The first-order valence-corrected chi connectivity index (χ1v) is 9.10. The summed E-state index contributed by atoms with van der Waals surface area (Å²) in [6.45, 7) is 3.82. The molecule has 1 unspecified atom stereocenters. The molecule has 0 aliphatic carbocycles. The van der Waals surface area contributed by atoms with Crippen LogP contribution in [0.3, 0.4) is 0 Å². The first kappa shape index (κ1) is 19.5. The zero-order valence-electron chi connectivity index (χ0n) is 16.2. The predicted octanol–water partition coefficient (Wildman–Crippen LogP) is 3.06. The van der Waals surface area contributed by atoms with Gasteiger partial charge in [0.05, 0.1) is 7.11 Å². The van der Waals surface area contributed by atoms with E-state index in [0.29, 0.717) is 12.2 Å². The minimum atomic E-state index is -0.792. The van der Waals surface area contributed by atoms with Crippen LogP contribution in [0.15, 0.2) is 48.7 Å². The maximum Gasteiger partial charge on any atom is 0.328 e. The van der Waals surface area contributed by atoms with Gasteiger partial charge in [-0.25, -0.2) is 4.79 Å². The number of para-hydroxylation sites is 1. The highest BCUT2D eigenvalue weighted by atomic mass is 16.5. The molecule has 0 fully saturated rings. The first-order valence-electron chi connectivity index (χ1n) is 9.10. The number of nitrogens with one attached hydrogen (secondary N) is 2. The standard InChI is InChI=1S/C22H24N2O4/c1-14-8-9-17(10-15(14)2)28-13-21(25)24-20(22(26)27-3)11-16-12-23-19-7-5-4-6-18(16)19/h4-10,12,20,23H,11,13H2,1-3H3,(H,24,25). The molecule has 1 amide bonds. The molecule has 2 N–H and O–H groups in total. The van der Waals surface area contributed by atoms with Crippen molar-refractivity contribution >= 4 is 22.8 Å². The van der Waals surface area contributed by atoms with Gasteiger partial charge in [-0.05, 0) is 48.7 Å². The SMILES string of the molecule is COC(=O)C(Cc1c[nH]c2ccccc12)NC(=O)COc1ccc(C)c(C)c1. The highest BCUT2D eigenvalue weighted by Gasteiger charge is 2.23. The third-order valence-electron chi connectivity index (χ3n) is 4.77. The normalized spacial score (nSPS) is 11.8. The van der Waals surface area contributed by atoms with Crippen LogP contribution in [0.4, 0.5) is 0 Å². The lowest BCUT2D eigenvalue weighted by Gasteiger charge is -2.16. The van der Waals surface area contributed by atoms with Crippen molar-refractivity contribution < 1.29 is 19.1 Å². The van der Waals surface area contributed by atoms with Gasteiger partial charge in [0.2, 0.25) is 0 Å². The summed E-state index contributed by atoms with van der Waals surface area (Å²) in [6, 6.07) is 12.7. The predicted molar refractivity (Wildman–Crippen MR) is 107 cm³/mol. The van der Waals surface area contributed by atoms with E-state index in [1.165, 1.54) is 7.11 Å². The molecule has 6 heteroatoms. The van der Waals surface area contributed by atoms with Crippen molar-refractivity contribution in [2.75, 3.05) is 13.7 Å². The Labute approximate surface area is 163 Å². The van der Waals surface area contributed by atoms with Gasteiger partial charge in [-0.1, -0.05) is 24.3 Å². The van der Waals surface area contributed by atoms with Gasteiger partial charge < -0.3 is 19.8 Å². The molecule has 2 aromatic carbocycles. The first-order chi connectivity index (χ1) is 13.5. The quantitative estimate of drug-likeness (QED) is 0.618. The number of carbonyl (C=O) groups excluding carboxylic acids is 2. The average molecular weight is 380 g/mol. The Morgan fingerprint density at radius 3 is 2.64 bits per heavy atom. The van der Waals surface area contributed by atoms with E-state index in [0.717, 1.165) is 27.6 Å². The Kier molecular flexibility index (Phi) is 5.99. The number of carbonyl (C=O) groups is 2. The summed E-state index contributed by atoms with van der Waals surface area (Å²) in [5, 5.41) is 3.73. The lowest BCUT2D eigenvalue weighted by atomic mass is 10.0. The van der Waals surface area contributed by atoms with Crippen LogP contribution in [-0.2, 0) is 20.7 Å². The average Bonchev–Trinajstić information content (AvgIpc) is 3.11. The third-order valence-corrected chi connectivity index (χ3v) is 4.77. The lowest BCUT2D eigenvalue weighted by Crippen LogP contribution is -2.44. The Hall–Kier alpha value is -3.28. The summed E-state index contributed by atoms with van der Waals surface area (Å²) in [6.07, 6.45) is 2.17. The Balaban J connectivity index is 1.65. The van der Waals surface area contributed by atoms with E-state index < -0.39 is 12.0 Å². The molecule has 0 saturated heterocycles. The molecule has 3 aromatic rings. The molecule has 1 atom stereocenters. The van der Waals surface area contributed by atoms with Crippen molar-refractivity contribution in [1.29, 1.82) is 0 Å². The third kappa shape index (κ3) is 4.52. The summed E-state index contributed by atoms with van der Waals surface area (Å²) < 4.78 is 10.4. The number of methoxy groups -OCH3 is 1. The second-order valence-electron chi connectivity index (χ2n) is 6.74. The van der Waals surface area contributed by atoms with Crippen LogP contribution < -0.4 is 10.1 Å². The number of fused-ring (bicyclic) bond motifs is 1. The minimum Gasteiger partial charge on any atom is -0.484 e. The van der Waals surface area contributed by atoms with E-state index in [2.05, 4.69) is 10.3 Å². The highest BCUT2D eigenvalue weighted by molar-refractivity contribution is 5.87. The van der Waals surface area contributed by atoms with Gasteiger partial charge >= 0.3 is 5.97 Å². The summed E-state index contributed by atoms with van der Waals surface area (Å²) >= 11 is 0. The maximum atomic E-state index is 12.3. The van der Waals surface area contributed by atoms with E-state index in [4.69, 9.17) is 9.47 Å². The fourth-order valence-corrected chi connectivity index (χ4v) is 3.04. The van der Waals surface area contributed by atoms with E-state index in [9.17, 15) is 9.59 Å². The van der Waals surface area contributed by atoms with Gasteiger partial charge in [-0.2, -0.15) is 0 Å². The van der Waals surface area contributed by atoms with Crippen LogP contribution in [0.1, 0.15) is 16.7 Å². The fourth-order valence-electron chi connectivity index (χ4n) is 3.04. The molecule has 3 rings (SSSR count). The number of hydrogen-bond acceptors (Lipinski definition) is 4. The molecule has 0 aliphatic heterocycles. The molecule has 1 heterocycles. The van der Waals surface area contributed by atoms with Crippen molar-refractivity contribution in [1.82, 2.24) is 10.3 Å². The summed E-state index contributed by atoms with van der Waals surface area (Å²) in [4.78, 5) is 27.7. The van der Waals surface area contributed by atoms with Crippen molar-refractivity contribution in [3.8, 4) is 5.75 Å². The monoisotopic (exact) mass is 380 g/mol. The number of amides is 1. The number of benzene rings is 2. The van der Waals surface area contributed by atoms with Gasteiger partial charge in [0.15, 0.2) is 6.61 Å². The Bertz CT molecular complexity index is 993. The molecule has 0 radical (unpaired) electrons. The van der Waals surface area contributed by atoms with E-state index in [-0.39, 0.29) is 12.5 Å². The summed E-state index contributed by atoms with van der Waals surface area (Å²) in [5.74, 6) is -0.261. The van der Waals surface area contributed by atoms with Crippen LogP contribution >= 0.6 is 0 Å². The molecule has 0 spiro atoms. The van der Waals surface area contributed by atoms with E-state index >= 15 is 0 Å². The number of rotatable bonds is 7. The Morgan fingerprint density at radius 2 is 1.89 bits per heavy atom. The van der Waals surface area contributed by atoms with Crippen molar-refractivity contribution in [2.45, 2.75) is 26.3 Å². The summed E-state index contributed by atoms with van der Waals surface area (Å²) in [5.41, 5.74) is 4.15. The van der Waals surface area contributed by atoms with Gasteiger partial charge in [0, 0.05) is 23.5 Å². The van der Waals surface area contributed by atoms with Gasteiger partial charge in [0.1, 0.15) is 11.8 Å². The van der Waals surface area contributed by atoms with E-state index in [1.54, 1.807) is 0 Å². The van der Waals surface area contributed by atoms with Crippen LogP contribution in [0, 0.1) is 13.8 Å². The Morgan fingerprint density at radius 1 is 1.11 bits per heavy atom. The zero-order chi connectivity index (χ0) is 20.1. The van der Waals surface area contributed by atoms with Gasteiger partial charge in [-0.15, -0.1) is 0 Å². The largest absolute Gasteiger partial charge is 0.484 e. The molecule has 6 nitrogen and oxygen atoms in total. The summed E-state index contributed by atoms with van der Waals surface area (Å²) in [7, 11) is 1.31. The van der Waals surface area contributed by atoms with Crippen LogP contribution in [-0.4, -0.2) is 36.6 Å². The second-order valence-corrected chi connectivity index (χ2v) is 6.74. The molecule has 0 aliphatic rings. The molecule has 0 bridgehead atoms. The lowest BCUT2D eigenvalue weighted by molar-refractivity contribution is -0.145. The molecule has 0 saturated carbocycles. The van der Waals surface area contributed by atoms with Crippen molar-refractivity contribution in [3.63, 3.8) is 0 Å². The molecular weight excluding hydrogens is 356 g/mol. The number of H-pyrrole nitrogens is 1. The number of aromatic amines is 1. The second kappa shape index (κ2) is 8.61. The number of hydrogen-bond donors (Lipinski definition) is 2. The fraction of sp³-hybridized carbons (Fsp3) is 0.273. The van der Waals surface area contributed by atoms with Crippen LogP contribution in [0.2, 0.25) is 0 Å². The van der Waals surface area contributed by atoms with E-state index in [1.807, 2.05) is 62.5 Å². The van der Waals surface area contributed by atoms with Crippen molar-refractivity contribution in [2.24, 2.45) is 0 Å². The molecule has 146 valence electrons. The van der Waals surface area contributed by atoms with Crippen LogP contribution in [0.25, 0.3) is 10.9 Å².